The van der Waals surface area contributed by atoms with Crippen LogP contribution in [0, 0.1) is 0 Å². The van der Waals surface area contributed by atoms with Gasteiger partial charge in [0.05, 0.1) is 10.9 Å². The summed E-state index contributed by atoms with van der Waals surface area (Å²) in [5.41, 5.74) is 5.51. The molecule has 74 valence electrons. The largest absolute Gasteiger partial charge is 0.366 e. The minimum absolute atomic E-state index is 0.243. The van der Waals surface area contributed by atoms with Crippen LogP contribution in [0.5, 0.6) is 0 Å². The van der Waals surface area contributed by atoms with Crippen LogP contribution < -0.4 is 11.1 Å². The van der Waals surface area contributed by atoms with Crippen molar-refractivity contribution in [2.75, 3.05) is 11.9 Å². The lowest BCUT2D eigenvalue weighted by Gasteiger charge is -2.11. The second-order valence-corrected chi connectivity index (χ2v) is 4.05. The molecule has 0 radical (unpaired) electrons. The first-order valence-corrected chi connectivity index (χ1v) is 5.24. The monoisotopic (exact) mass is 208 g/mol. The van der Waals surface area contributed by atoms with Gasteiger partial charge in [-0.15, -0.1) is 0 Å². The summed E-state index contributed by atoms with van der Waals surface area (Å²) >= 11 is 1.47. The Labute approximate surface area is 86.3 Å². The van der Waals surface area contributed by atoms with E-state index in [1.165, 1.54) is 11.5 Å². The van der Waals surface area contributed by atoms with E-state index in [2.05, 4.69) is 14.7 Å². The number of anilines is 1. The predicted octanol–water partition coefficient (Wildman–Crippen LogP) is 1.45. The first-order valence-electron chi connectivity index (χ1n) is 4.46. The van der Waals surface area contributed by atoms with Crippen molar-refractivity contribution in [1.82, 2.24) is 9.36 Å². The first kappa shape index (κ1) is 9.36. The molecule has 2 rings (SSSR count). The third-order valence-electron chi connectivity index (χ3n) is 1.99. The topological polar surface area (TPSA) is 63.8 Å². The molecule has 1 atom stereocenters. The molecule has 0 spiro atoms. The van der Waals surface area contributed by atoms with Crippen LogP contribution in [0.4, 0.5) is 5.82 Å². The highest BCUT2D eigenvalue weighted by Gasteiger charge is 2.02. The lowest BCUT2D eigenvalue weighted by molar-refractivity contribution is 0.799. The first-order chi connectivity index (χ1) is 6.79. The van der Waals surface area contributed by atoms with E-state index in [1.807, 2.05) is 25.4 Å². The molecular formula is C9H12N4S. The maximum atomic E-state index is 5.51. The maximum absolute atomic E-state index is 5.51. The predicted molar refractivity (Wildman–Crippen MR) is 59.6 cm³/mol. The van der Waals surface area contributed by atoms with Crippen molar-refractivity contribution in [3.8, 4) is 0 Å². The zero-order chi connectivity index (χ0) is 9.97. The Balaban J connectivity index is 2.25. The summed E-state index contributed by atoms with van der Waals surface area (Å²) in [6, 6.07) is 2.24. The Morgan fingerprint density at radius 3 is 3.21 bits per heavy atom. The van der Waals surface area contributed by atoms with Crippen molar-refractivity contribution < 1.29 is 0 Å². The number of nitrogens with zero attached hydrogens (tertiary/aromatic N) is 2. The van der Waals surface area contributed by atoms with E-state index < -0.39 is 0 Å². The van der Waals surface area contributed by atoms with Gasteiger partial charge in [0, 0.05) is 24.2 Å². The van der Waals surface area contributed by atoms with Gasteiger partial charge < -0.3 is 11.1 Å². The molecule has 1 unspecified atom stereocenters. The van der Waals surface area contributed by atoms with Crippen LogP contribution in [0.2, 0.25) is 0 Å². The number of aromatic nitrogens is 2. The van der Waals surface area contributed by atoms with Gasteiger partial charge in [-0.2, -0.15) is 4.37 Å². The molecule has 0 fully saturated rings. The average molecular weight is 208 g/mol. The zero-order valence-electron chi connectivity index (χ0n) is 7.90. The lowest BCUT2D eigenvalue weighted by Crippen LogP contribution is -2.25. The number of hydrogen-bond donors (Lipinski definition) is 2. The van der Waals surface area contributed by atoms with Crippen molar-refractivity contribution in [2.45, 2.75) is 13.0 Å². The zero-order valence-corrected chi connectivity index (χ0v) is 8.71. The van der Waals surface area contributed by atoms with E-state index in [0.717, 1.165) is 15.9 Å². The number of nitrogens with one attached hydrogen (secondary N) is 1. The van der Waals surface area contributed by atoms with Crippen molar-refractivity contribution in [2.24, 2.45) is 5.73 Å². The SMILES string of the molecule is CC(CN)Nc1cc2sncc2cn1. The molecule has 4 nitrogen and oxygen atoms in total. The molecule has 14 heavy (non-hydrogen) atoms. The Morgan fingerprint density at radius 1 is 1.57 bits per heavy atom. The maximum Gasteiger partial charge on any atom is 0.127 e. The molecule has 2 aromatic rings. The molecule has 5 heteroatoms. The third kappa shape index (κ3) is 1.83. The van der Waals surface area contributed by atoms with Crippen molar-refractivity contribution in [3.63, 3.8) is 0 Å². The summed E-state index contributed by atoms with van der Waals surface area (Å²) < 4.78 is 5.24. The highest BCUT2D eigenvalue weighted by Crippen LogP contribution is 2.19. The molecule has 0 amide bonds. The van der Waals surface area contributed by atoms with Crippen molar-refractivity contribution in [1.29, 1.82) is 0 Å². The molecule has 0 aliphatic rings. The summed E-state index contributed by atoms with van der Waals surface area (Å²) in [7, 11) is 0. The van der Waals surface area contributed by atoms with Crippen LogP contribution in [-0.4, -0.2) is 21.9 Å². The smallest absolute Gasteiger partial charge is 0.127 e. The fourth-order valence-corrected chi connectivity index (χ4v) is 1.81. The molecule has 0 aliphatic carbocycles. The van der Waals surface area contributed by atoms with E-state index in [-0.39, 0.29) is 6.04 Å². The molecule has 0 bridgehead atoms. The number of pyridine rings is 1. The quantitative estimate of drug-likeness (QED) is 0.801. The Hall–Kier alpha value is -1.20. The number of fused-ring (bicyclic) bond motifs is 1. The van der Waals surface area contributed by atoms with Gasteiger partial charge in [0.15, 0.2) is 0 Å². The summed E-state index contributed by atoms with van der Waals surface area (Å²) in [6.07, 6.45) is 3.65. The van der Waals surface area contributed by atoms with Gasteiger partial charge in [-0.25, -0.2) is 4.98 Å². The van der Waals surface area contributed by atoms with Gasteiger partial charge >= 0.3 is 0 Å². The highest BCUT2D eigenvalue weighted by molar-refractivity contribution is 7.13. The van der Waals surface area contributed by atoms with E-state index in [0.29, 0.717) is 6.54 Å². The normalized spacial score (nSPS) is 13.0. The second-order valence-electron chi connectivity index (χ2n) is 3.21. The fourth-order valence-electron chi connectivity index (χ4n) is 1.15. The minimum atomic E-state index is 0.243. The van der Waals surface area contributed by atoms with Crippen molar-refractivity contribution in [3.05, 3.63) is 18.5 Å². The van der Waals surface area contributed by atoms with E-state index in [1.54, 1.807) is 0 Å². The summed E-state index contributed by atoms with van der Waals surface area (Å²) in [5, 5.41) is 4.30. The number of rotatable bonds is 3. The van der Waals surface area contributed by atoms with Gasteiger partial charge in [0.25, 0.3) is 0 Å². The average Bonchev–Trinajstić information content (AvgIpc) is 2.64. The summed E-state index contributed by atoms with van der Waals surface area (Å²) in [6.45, 7) is 2.63. The van der Waals surface area contributed by atoms with Gasteiger partial charge in [0.2, 0.25) is 0 Å². The highest BCUT2D eigenvalue weighted by atomic mass is 32.1. The van der Waals surface area contributed by atoms with E-state index in [9.17, 15) is 0 Å². The van der Waals surface area contributed by atoms with Gasteiger partial charge in [0.1, 0.15) is 5.82 Å². The summed E-state index contributed by atoms with van der Waals surface area (Å²) in [4.78, 5) is 4.27. The van der Waals surface area contributed by atoms with Crippen LogP contribution >= 0.6 is 11.5 Å². The number of nitrogens with two attached hydrogens (primary N) is 1. The molecular weight excluding hydrogens is 196 g/mol. The van der Waals surface area contributed by atoms with Crippen LogP contribution in [0.15, 0.2) is 18.5 Å². The Kier molecular flexibility index (Phi) is 2.60. The van der Waals surface area contributed by atoms with Gasteiger partial charge in [-0.1, -0.05) is 0 Å². The second kappa shape index (κ2) is 3.89. The standard InChI is InChI=1S/C9H12N4S/c1-6(3-10)13-9-2-8-7(4-11-9)5-12-14-8/h2,4-6H,3,10H2,1H3,(H,11,13). The molecule has 2 heterocycles. The lowest BCUT2D eigenvalue weighted by atomic mass is 10.3. The molecule has 0 saturated heterocycles. The van der Waals surface area contributed by atoms with Crippen LogP contribution in [0.3, 0.4) is 0 Å². The van der Waals surface area contributed by atoms with Crippen molar-refractivity contribution >= 4 is 27.4 Å². The van der Waals surface area contributed by atoms with Crippen LogP contribution in [0.1, 0.15) is 6.92 Å². The molecule has 0 aliphatic heterocycles. The Morgan fingerprint density at radius 2 is 2.43 bits per heavy atom. The Bertz CT molecular complexity index is 425. The molecule has 2 aromatic heterocycles. The van der Waals surface area contributed by atoms with E-state index >= 15 is 0 Å². The van der Waals surface area contributed by atoms with Crippen LogP contribution in [0.25, 0.3) is 10.1 Å². The summed E-state index contributed by atoms with van der Waals surface area (Å²) in [5.74, 6) is 0.861. The molecule has 3 N–H and O–H groups in total. The van der Waals surface area contributed by atoms with Gasteiger partial charge in [-0.05, 0) is 24.5 Å². The van der Waals surface area contributed by atoms with Crippen LogP contribution in [-0.2, 0) is 0 Å². The molecule has 0 aromatic carbocycles. The fraction of sp³-hybridized carbons (Fsp3) is 0.333. The van der Waals surface area contributed by atoms with E-state index in [4.69, 9.17) is 5.73 Å². The minimum Gasteiger partial charge on any atom is -0.366 e. The molecule has 0 saturated carbocycles. The number of hydrogen-bond acceptors (Lipinski definition) is 5. The van der Waals surface area contributed by atoms with Gasteiger partial charge in [-0.3, -0.25) is 0 Å². The third-order valence-corrected chi connectivity index (χ3v) is 2.75.